The number of aryl methyl sites for hydroxylation is 1. The van der Waals surface area contributed by atoms with Gasteiger partial charge in [-0.1, -0.05) is 0 Å². The van der Waals surface area contributed by atoms with Crippen LogP contribution in [0.1, 0.15) is 6.42 Å². The molecule has 19 heavy (non-hydrogen) atoms. The van der Waals surface area contributed by atoms with Gasteiger partial charge in [0.15, 0.2) is 5.65 Å². The van der Waals surface area contributed by atoms with Crippen molar-refractivity contribution in [2.24, 2.45) is 7.05 Å². The molecule has 0 aromatic carbocycles. The minimum Gasteiger partial charge on any atom is -0.339 e. The van der Waals surface area contributed by atoms with Crippen molar-refractivity contribution in [3.8, 4) is 0 Å². The van der Waals surface area contributed by atoms with Gasteiger partial charge in [-0.15, -0.1) is 9.42 Å². The minimum atomic E-state index is -2.66. The third kappa shape index (κ3) is 2.62. The van der Waals surface area contributed by atoms with Gasteiger partial charge in [0.1, 0.15) is 12.1 Å². The molecular formula is C9H12N4O5P+. The van der Waals surface area contributed by atoms with Crippen molar-refractivity contribution in [3.05, 3.63) is 27.2 Å². The SMILES string of the molecule is Cn1c(=O)n(CCCO[P+](=O)O)c(=O)c2[nH]cnc21. The maximum absolute atomic E-state index is 12.0. The Bertz CT molecular complexity index is 730. The lowest BCUT2D eigenvalue weighted by atomic mass is 10.4. The molecule has 0 amide bonds. The second-order valence-electron chi connectivity index (χ2n) is 3.82. The highest BCUT2D eigenvalue weighted by Gasteiger charge is 2.14. The van der Waals surface area contributed by atoms with Crippen molar-refractivity contribution >= 4 is 19.4 Å². The lowest BCUT2D eigenvalue weighted by Gasteiger charge is -2.06. The fraction of sp³-hybridized carbons (Fsp3) is 0.444. The Labute approximate surface area is 107 Å². The molecule has 102 valence electrons. The molecule has 0 aliphatic carbocycles. The van der Waals surface area contributed by atoms with E-state index in [1.165, 1.54) is 17.9 Å². The van der Waals surface area contributed by atoms with Crippen LogP contribution in [0.25, 0.3) is 11.2 Å². The Hall–Kier alpha value is -1.83. The lowest BCUT2D eigenvalue weighted by Crippen LogP contribution is -2.39. The second kappa shape index (κ2) is 5.43. The van der Waals surface area contributed by atoms with Gasteiger partial charge in [0.05, 0.1) is 6.33 Å². The van der Waals surface area contributed by atoms with Gasteiger partial charge in [-0.05, 0) is 6.42 Å². The Morgan fingerprint density at radius 3 is 2.95 bits per heavy atom. The quantitative estimate of drug-likeness (QED) is 0.564. The number of aromatic nitrogens is 4. The Morgan fingerprint density at radius 2 is 2.26 bits per heavy atom. The second-order valence-corrected chi connectivity index (χ2v) is 4.56. The molecule has 0 radical (unpaired) electrons. The summed E-state index contributed by atoms with van der Waals surface area (Å²) in [6.45, 7) is 0.0892. The van der Waals surface area contributed by atoms with Crippen LogP contribution in [0.5, 0.6) is 0 Å². The van der Waals surface area contributed by atoms with Crippen LogP contribution in [0.4, 0.5) is 0 Å². The van der Waals surface area contributed by atoms with E-state index >= 15 is 0 Å². The number of hydrogen-bond acceptors (Lipinski definition) is 5. The van der Waals surface area contributed by atoms with Gasteiger partial charge in [-0.3, -0.25) is 13.9 Å². The summed E-state index contributed by atoms with van der Waals surface area (Å²) in [7, 11) is -1.14. The van der Waals surface area contributed by atoms with Gasteiger partial charge in [0, 0.05) is 18.2 Å². The summed E-state index contributed by atoms with van der Waals surface area (Å²) in [5.41, 5.74) is -0.417. The summed E-state index contributed by atoms with van der Waals surface area (Å²) in [5, 5.41) is 0. The first-order chi connectivity index (χ1) is 9.02. The molecule has 1 unspecified atom stereocenters. The van der Waals surface area contributed by atoms with Gasteiger partial charge in [0.25, 0.3) is 5.56 Å². The van der Waals surface area contributed by atoms with E-state index in [1.54, 1.807) is 0 Å². The summed E-state index contributed by atoms with van der Waals surface area (Å²) in [6.07, 6.45) is 1.62. The van der Waals surface area contributed by atoms with Crippen molar-refractivity contribution < 1.29 is 14.0 Å². The average molecular weight is 287 g/mol. The smallest absolute Gasteiger partial charge is 0.339 e. The van der Waals surface area contributed by atoms with Crippen LogP contribution in [0.15, 0.2) is 15.9 Å². The number of hydrogen-bond donors (Lipinski definition) is 2. The molecule has 2 heterocycles. The molecule has 0 saturated heterocycles. The number of imidazole rings is 1. The molecule has 2 rings (SSSR count). The zero-order chi connectivity index (χ0) is 14.0. The Morgan fingerprint density at radius 1 is 1.53 bits per heavy atom. The normalized spacial score (nSPS) is 12.0. The predicted octanol–water partition coefficient (Wildman–Crippen LogP) is -0.520. The van der Waals surface area contributed by atoms with Crippen LogP contribution in [-0.4, -0.2) is 30.6 Å². The molecule has 9 nitrogen and oxygen atoms in total. The third-order valence-corrected chi connectivity index (χ3v) is 3.05. The van der Waals surface area contributed by atoms with Crippen LogP contribution in [0, 0.1) is 0 Å². The minimum absolute atomic E-state index is 0.0116. The topological polar surface area (TPSA) is 119 Å². The number of nitrogens with one attached hydrogen (secondary N) is 1. The molecule has 2 aromatic rings. The molecule has 10 heteroatoms. The number of H-pyrrole nitrogens is 1. The molecule has 0 aliphatic heterocycles. The standard InChI is InChI=1S/C9H11N4O5P/c1-12-7-6(10-5-11-7)8(14)13(9(12)15)3-2-4-18-19(16)17/h5H,2-4H2,1H3,(H-,10,11,14,16,17)/p+1. The molecule has 0 aliphatic rings. The highest BCUT2D eigenvalue weighted by molar-refractivity contribution is 7.32. The molecule has 0 saturated carbocycles. The first kappa shape index (κ1) is 13.6. The van der Waals surface area contributed by atoms with Gasteiger partial charge in [-0.2, -0.15) is 0 Å². The van der Waals surface area contributed by atoms with Crippen LogP contribution in [0.2, 0.25) is 0 Å². The molecule has 0 spiro atoms. The maximum atomic E-state index is 12.0. The largest absolute Gasteiger partial charge is 0.694 e. The third-order valence-electron chi connectivity index (χ3n) is 2.64. The van der Waals surface area contributed by atoms with Crippen LogP contribution < -0.4 is 11.2 Å². The van der Waals surface area contributed by atoms with E-state index in [2.05, 4.69) is 14.5 Å². The van der Waals surface area contributed by atoms with Crippen molar-refractivity contribution in [2.75, 3.05) is 6.61 Å². The summed E-state index contributed by atoms with van der Waals surface area (Å²) in [6, 6.07) is 0. The number of rotatable bonds is 5. The van der Waals surface area contributed by atoms with E-state index in [1.807, 2.05) is 0 Å². The van der Waals surface area contributed by atoms with Gasteiger partial charge < -0.3 is 4.98 Å². The Kier molecular flexibility index (Phi) is 3.89. The maximum Gasteiger partial charge on any atom is 0.694 e. The summed E-state index contributed by atoms with van der Waals surface area (Å²) < 4.78 is 17.1. The zero-order valence-electron chi connectivity index (χ0n) is 10.1. The number of aromatic amines is 1. The van der Waals surface area contributed by atoms with Crippen molar-refractivity contribution in [1.82, 2.24) is 19.1 Å². The number of nitrogens with zero attached hydrogens (tertiary/aromatic N) is 3. The lowest BCUT2D eigenvalue weighted by molar-refractivity contribution is 0.270. The molecule has 2 aromatic heterocycles. The zero-order valence-corrected chi connectivity index (χ0v) is 11.0. The average Bonchev–Trinajstić information content (AvgIpc) is 2.84. The van der Waals surface area contributed by atoms with E-state index in [0.717, 1.165) is 4.57 Å². The number of fused-ring (bicyclic) bond motifs is 1. The summed E-state index contributed by atoms with van der Waals surface area (Å²) in [5.74, 6) is 0. The fourth-order valence-electron chi connectivity index (χ4n) is 1.75. The first-order valence-electron chi connectivity index (χ1n) is 5.44. The monoisotopic (exact) mass is 287 g/mol. The summed E-state index contributed by atoms with van der Waals surface area (Å²) in [4.78, 5) is 39.0. The van der Waals surface area contributed by atoms with Crippen molar-refractivity contribution in [2.45, 2.75) is 13.0 Å². The van der Waals surface area contributed by atoms with Crippen molar-refractivity contribution in [1.29, 1.82) is 0 Å². The Balaban J connectivity index is 2.30. The van der Waals surface area contributed by atoms with Crippen LogP contribution >= 0.6 is 8.25 Å². The molecule has 0 fully saturated rings. The highest BCUT2D eigenvalue weighted by atomic mass is 31.1. The van der Waals surface area contributed by atoms with E-state index in [4.69, 9.17) is 4.89 Å². The van der Waals surface area contributed by atoms with Gasteiger partial charge in [-0.25, -0.2) is 9.78 Å². The van der Waals surface area contributed by atoms with Gasteiger partial charge in [0.2, 0.25) is 0 Å². The van der Waals surface area contributed by atoms with Crippen molar-refractivity contribution in [3.63, 3.8) is 0 Å². The first-order valence-corrected chi connectivity index (χ1v) is 6.57. The van der Waals surface area contributed by atoms with E-state index < -0.39 is 19.5 Å². The van der Waals surface area contributed by atoms with Crippen LogP contribution in [0.3, 0.4) is 0 Å². The van der Waals surface area contributed by atoms with E-state index in [-0.39, 0.29) is 25.1 Å². The van der Waals surface area contributed by atoms with E-state index in [0.29, 0.717) is 5.65 Å². The fourth-order valence-corrected chi connectivity index (χ4v) is 2.04. The molecule has 1 atom stereocenters. The molecule has 2 N–H and O–H groups in total. The summed E-state index contributed by atoms with van der Waals surface area (Å²) >= 11 is 0. The molecular weight excluding hydrogens is 275 g/mol. The predicted molar refractivity (Wildman–Crippen MR) is 66.0 cm³/mol. The van der Waals surface area contributed by atoms with E-state index in [9.17, 15) is 14.2 Å². The highest BCUT2D eigenvalue weighted by Crippen LogP contribution is 2.14. The van der Waals surface area contributed by atoms with Crippen LogP contribution in [-0.2, 0) is 22.7 Å². The molecule has 0 bridgehead atoms. The van der Waals surface area contributed by atoms with Gasteiger partial charge >= 0.3 is 13.9 Å².